The molecule has 4 heteroatoms. The lowest BCUT2D eigenvalue weighted by Gasteiger charge is -2.12. The Balaban J connectivity index is 1.86. The number of hydrogen-bond donors (Lipinski definition) is 2. The Hall–Kier alpha value is -2.10. The standard InChI is InChI=1S/C16H20N4/c1-11(2)17-16-19-14(12-8-9-12)10-15(20-16)18-13-6-4-3-5-7-13/h3-7,10-12H,8-9H2,1-2H3,(H2,17,18,19,20). The molecule has 3 rings (SSSR count). The summed E-state index contributed by atoms with van der Waals surface area (Å²) >= 11 is 0. The number of anilines is 3. The van der Waals surface area contributed by atoms with Crippen LogP contribution in [0.3, 0.4) is 0 Å². The molecule has 1 aliphatic rings. The Bertz CT molecular complexity index is 576. The highest BCUT2D eigenvalue weighted by atomic mass is 15.2. The molecule has 1 saturated carbocycles. The third-order valence-electron chi connectivity index (χ3n) is 3.21. The van der Waals surface area contributed by atoms with E-state index in [2.05, 4.69) is 40.5 Å². The summed E-state index contributed by atoms with van der Waals surface area (Å²) in [5.74, 6) is 2.18. The lowest BCUT2D eigenvalue weighted by atomic mass is 10.2. The van der Waals surface area contributed by atoms with E-state index in [4.69, 9.17) is 0 Å². The topological polar surface area (TPSA) is 49.8 Å². The molecule has 0 atom stereocenters. The van der Waals surface area contributed by atoms with E-state index in [1.54, 1.807) is 0 Å². The van der Waals surface area contributed by atoms with Crippen LogP contribution in [0.1, 0.15) is 38.3 Å². The second kappa shape index (κ2) is 5.49. The molecule has 1 aliphatic carbocycles. The fourth-order valence-corrected chi connectivity index (χ4v) is 2.11. The number of rotatable bonds is 5. The predicted octanol–water partition coefficient (Wildman–Crippen LogP) is 3.92. The Morgan fingerprint density at radius 3 is 2.50 bits per heavy atom. The van der Waals surface area contributed by atoms with Gasteiger partial charge in [0.25, 0.3) is 0 Å². The Morgan fingerprint density at radius 2 is 1.85 bits per heavy atom. The molecule has 0 aliphatic heterocycles. The third kappa shape index (κ3) is 3.26. The normalized spacial score (nSPS) is 14.3. The number of hydrogen-bond acceptors (Lipinski definition) is 4. The summed E-state index contributed by atoms with van der Waals surface area (Å²) in [6.45, 7) is 4.19. The van der Waals surface area contributed by atoms with Gasteiger partial charge in [-0.2, -0.15) is 4.98 Å². The summed E-state index contributed by atoms with van der Waals surface area (Å²) in [5.41, 5.74) is 2.19. The van der Waals surface area contributed by atoms with Crippen LogP contribution in [0.15, 0.2) is 36.4 Å². The number of nitrogens with zero attached hydrogens (tertiary/aromatic N) is 2. The number of para-hydroxylation sites is 1. The minimum Gasteiger partial charge on any atom is -0.352 e. The summed E-state index contributed by atoms with van der Waals surface area (Å²) in [5, 5.41) is 6.64. The average molecular weight is 268 g/mol. The number of aromatic nitrogens is 2. The summed E-state index contributed by atoms with van der Waals surface area (Å²) in [6.07, 6.45) is 2.48. The summed E-state index contributed by atoms with van der Waals surface area (Å²) in [4.78, 5) is 9.16. The van der Waals surface area contributed by atoms with Gasteiger partial charge in [0, 0.05) is 23.7 Å². The smallest absolute Gasteiger partial charge is 0.225 e. The summed E-state index contributed by atoms with van der Waals surface area (Å²) in [6, 6.07) is 12.5. The zero-order chi connectivity index (χ0) is 13.9. The quantitative estimate of drug-likeness (QED) is 0.863. The molecule has 0 radical (unpaired) electrons. The molecular weight excluding hydrogens is 248 g/mol. The van der Waals surface area contributed by atoms with Crippen LogP contribution in [0, 0.1) is 0 Å². The third-order valence-corrected chi connectivity index (χ3v) is 3.21. The van der Waals surface area contributed by atoms with E-state index in [-0.39, 0.29) is 0 Å². The van der Waals surface area contributed by atoms with Gasteiger partial charge in [-0.15, -0.1) is 0 Å². The minimum absolute atomic E-state index is 0.328. The van der Waals surface area contributed by atoms with Gasteiger partial charge in [0.05, 0.1) is 5.69 Å². The molecular formula is C16H20N4. The van der Waals surface area contributed by atoms with Gasteiger partial charge in [0.1, 0.15) is 5.82 Å². The zero-order valence-corrected chi connectivity index (χ0v) is 11.9. The highest BCUT2D eigenvalue weighted by molar-refractivity contribution is 5.57. The highest BCUT2D eigenvalue weighted by Gasteiger charge is 2.26. The van der Waals surface area contributed by atoms with Gasteiger partial charge < -0.3 is 10.6 Å². The Labute approximate surface area is 119 Å². The Kier molecular flexibility index (Phi) is 3.54. The van der Waals surface area contributed by atoms with E-state index in [0.717, 1.165) is 17.2 Å². The van der Waals surface area contributed by atoms with Gasteiger partial charge in [-0.1, -0.05) is 18.2 Å². The van der Waals surface area contributed by atoms with Crippen molar-refractivity contribution < 1.29 is 0 Å². The van der Waals surface area contributed by atoms with Crippen LogP contribution in [0.4, 0.5) is 17.5 Å². The van der Waals surface area contributed by atoms with Gasteiger partial charge in [0.2, 0.25) is 5.95 Å². The summed E-state index contributed by atoms with van der Waals surface area (Å²) < 4.78 is 0. The molecule has 0 bridgehead atoms. The van der Waals surface area contributed by atoms with E-state index in [1.807, 2.05) is 30.3 Å². The molecule has 104 valence electrons. The lowest BCUT2D eigenvalue weighted by Crippen LogP contribution is -2.14. The van der Waals surface area contributed by atoms with Crippen LogP contribution < -0.4 is 10.6 Å². The van der Waals surface area contributed by atoms with E-state index in [1.165, 1.54) is 12.8 Å². The highest BCUT2D eigenvalue weighted by Crippen LogP contribution is 2.40. The molecule has 0 saturated heterocycles. The first-order valence-corrected chi connectivity index (χ1v) is 7.18. The van der Waals surface area contributed by atoms with Crippen molar-refractivity contribution in [3.05, 3.63) is 42.1 Å². The van der Waals surface area contributed by atoms with Crippen molar-refractivity contribution in [3.8, 4) is 0 Å². The van der Waals surface area contributed by atoms with Crippen LogP contribution >= 0.6 is 0 Å². The number of nitrogens with one attached hydrogen (secondary N) is 2. The molecule has 20 heavy (non-hydrogen) atoms. The Morgan fingerprint density at radius 1 is 1.10 bits per heavy atom. The van der Waals surface area contributed by atoms with Crippen molar-refractivity contribution in [1.29, 1.82) is 0 Å². The molecule has 2 aromatic rings. The van der Waals surface area contributed by atoms with Crippen molar-refractivity contribution in [2.45, 2.75) is 38.6 Å². The van der Waals surface area contributed by atoms with Gasteiger partial charge in [-0.05, 0) is 38.8 Å². The van der Waals surface area contributed by atoms with E-state index >= 15 is 0 Å². The second-order valence-electron chi connectivity index (χ2n) is 5.57. The van der Waals surface area contributed by atoms with Crippen molar-refractivity contribution in [2.24, 2.45) is 0 Å². The molecule has 0 amide bonds. The summed E-state index contributed by atoms with van der Waals surface area (Å²) in [7, 11) is 0. The van der Waals surface area contributed by atoms with E-state index in [0.29, 0.717) is 17.9 Å². The van der Waals surface area contributed by atoms with Gasteiger partial charge in [-0.25, -0.2) is 4.98 Å². The largest absolute Gasteiger partial charge is 0.352 e. The van der Waals surface area contributed by atoms with Crippen molar-refractivity contribution in [2.75, 3.05) is 10.6 Å². The fourth-order valence-electron chi connectivity index (χ4n) is 2.11. The molecule has 2 N–H and O–H groups in total. The predicted molar refractivity (Wildman–Crippen MR) is 82.5 cm³/mol. The second-order valence-corrected chi connectivity index (χ2v) is 5.57. The van der Waals surface area contributed by atoms with Gasteiger partial charge >= 0.3 is 0 Å². The van der Waals surface area contributed by atoms with Crippen LogP contribution in [0.2, 0.25) is 0 Å². The first-order valence-electron chi connectivity index (χ1n) is 7.18. The van der Waals surface area contributed by atoms with Gasteiger partial charge in [0.15, 0.2) is 0 Å². The molecule has 0 spiro atoms. The first kappa shape index (κ1) is 12.9. The van der Waals surface area contributed by atoms with Crippen LogP contribution in [-0.2, 0) is 0 Å². The van der Waals surface area contributed by atoms with Crippen molar-refractivity contribution in [3.63, 3.8) is 0 Å². The van der Waals surface area contributed by atoms with Crippen LogP contribution in [-0.4, -0.2) is 16.0 Å². The van der Waals surface area contributed by atoms with Gasteiger partial charge in [-0.3, -0.25) is 0 Å². The monoisotopic (exact) mass is 268 g/mol. The maximum absolute atomic E-state index is 4.61. The maximum atomic E-state index is 4.61. The molecule has 0 unspecified atom stereocenters. The lowest BCUT2D eigenvalue weighted by molar-refractivity contribution is 0.864. The van der Waals surface area contributed by atoms with Crippen molar-refractivity contribution in [1.82, 2.24) is 9.97 Å². The minimum atomic E-state index is 0.328. The molecule has 4 nitrogen and oxygen atoms in total. The first-order chi connectivity index (χ1) is 9.70. The van der Waals surface area contributed by atoms with Crippen molar-refractivity contribution >= 4 is 17.5 Å². The molecule has 1 aromatic heterocycles. The maximum Gasteiger partial charge on any atom is 0.225 e. The van der Waals surface area contributed by atoms with Crippen LogP contribution in [0.5, 0.6) is 0 Å². The fraction of sp³-hybridized carbons (Fsp3) is 0.375. The average Bonchev–Trinajstić information content (AvgIpc) is 3.23. The SMILES string of the molecule is CC(C)Nc1nc(Nc2ccccc2)cc(C2CC2)n1. The van der Waals surface area contributed by atoms with E-state index in [9.17, 15) is 0 Å². The number of benzene rings is 1. The molecule has 1 heterocycles. The molecule has 1 fully saturated rings. The molecule has 1 aromatic carbocycles. The van der Waals surface area contributed by atoms with Crippen LogP contribution in [0.25, 0.3) is 0 Å². The van der Waals surface area contributed by atoms with E-state index < -0.39 is 0 Å². The zero-order valence-electron chi connectivity index (χ0n) is 11.9.